The number of thiocarbonyl (C=S) groups is 1. The fourth-order valence-electron chi connectivity index (χ4n) is 3.36. The number of hydrogen-bond acceptors (Lipinski definition) is 3. The van der Waals surface area contributed by atoms with Crippen LogP contribution in [0.4, 0.5) is 0 Å². The van der Waals surface area contributed by atoms with Gasteiger partial charge in [0, 0.05) is 30.1 Å². The first-order valence-corrected chi connectivity index (χ1v) is 7.34. The zero-order valence-electron chi connectivity index (χ0n) is 11.2. The van der Waals surface area contributed by atoms with E-state index in [0.717, 1.165) is 24.9 Å². The van der Waals surface area contributed by atoms with Crippen molar-refractivity contribution in [2.75, 3.05) is 13.1 Å². The van der Waals surface area contributed by atoms with Crippen molar-refractivity contribution in [3.05, 3.63) is 35.4 Å². The lowest BCUT2D eigenvalue weighted by Gasteiger charge is -2.18. The van der Waals surface area contributed by atoms with Crippen LogP contribution in [0.5, 0.6) is 0 Å². The van der Waals surface area contributed by atoms with E-state index in [0.29, 0.717) is 23.0 Å². The van der Waals surface area contributed by atoms with Crippen molar-refractivity contribution >= 4 is 23.1 Å². The first-order valence-electron chi connectivity index (χ1n) is 6.93. The second-order valence-electron chi connectivity index (χ2n) is 5.72. The molecule has 1 aromatic rings. The number of carbonyl (C=O) groups is 1. The van der Waals surface area contributed by atoms with E-state index in [1.165, 1.54) is 0 Å². The summed E-state index contributed by atoms with van der Waals surface area (Å²) in [5, 5.41) is 9.90. The minimum atomic E-state index is -0.241. The van der Waals surface area contributed by atoms with Crippen LogP contribution >= 0.6 is 12.2 Å². The fraction of sp³-hybridized carbons (Fsp3) is 0.467. The Bertz CT molecular complexity index is 543. The highest BCUT2D eigenvalue weighted by Crippen LogP contribution is 2.38. The quantitative estimate of drug-likeness (QED) is 0.802. The minimum absolute atomic E-state index is 0.0288. The normalized spacial score (nSPS) is 28.4. The lowest BCUT2D eigenvalue weighted by molar-refractivity contribution is 0.0752. The summed E-state index contributed by atoms with van der Waals surface area (Å²) in [4.78, 5) is 14.6. The number of carbonyl (C=O) groups excluding carboxylic acids is 1. The molecule has 0 aromatic heterocycles. The molecule has 1 saturated heterocycles. The van der Waals surface area contributed by atoms with Gasteiger partial charge in [-0.1, -0.05) is 24.4 Å². The van der Waals surface area contributed by atoms with Crippen LogP contribution in [0.25, 0.3) is 0 Å². The monoisotopic (exact) mass is 290 g/mol. The number of benzene rings is 1. The highest BCUT2D eigenvalue weighted by Gasteiger charge is 2.43. The molecule has 1 aromatic carbocycles. The molecule has 2 fully saturated rings. The molecule has 1 aliphatic carbocycles. The van der Waals surface area contributed by atoms with E-state index in [9.17, 15) is 9.90 Å². The van der Waals surface area contributed by atoms with Gasteiger partial charge in [0.2, 0.25) is 0 Å². The molecule has 106 valence electrons. The lowest BCUT2D eigenvalue weighted by Crippen LogP contribution is -2.31. The second kappa shape index (κ2) is 5.14. The van der Waals surface area contributed by atoms with Crippen LogP contribution < -0.4 is 5.73 Å². The van der Waals surface area contributed by atoms with Crippen LogP contribution in [-0.2, 0) is 0 Å². The van der Waals surface area contributed by atoms with Crippen molar-refractivity contribution in [3.8, 4) is 0 Å². The lowest BCUT2D eigenvalue weighted by atomic mass is 10.00. The van der Waals surface area contributed by atoms with Gasteiger partial charge >= 0.3 is 0 Å². The Kier molecular flexibility index (Phi) is 3.48. The maximum Gasteiger partial charge on any atom is 0.253 e. The van der Waals surface area contributed by atoms with E-state index in [4.69, 9.17) is 18.0 Å². The van der Waals surface area contributed by atoms with Crippen LogP contribution in [0, 0.1) is 11.8 Å². The third kappa shape index (κ3) is 2.31. The number of aliphatic hydroxyl groups excluding tert-OH is 1. The van der Waals surface area contributed by atoms with Crippen molar-refractivity contribution in [1.82, 2.24) is 4.90 Å². The Balaban J connectivity index is 1.72. The molecular weight excluding hydrogens is 272 g/mol. The first kappa shape index (κ1) is 13.5. The summed E-state index contributed by atoms with van der Waals surface area (Å²) in [6.45, 7) is 1.43. The Morgan fingerprint density at radius 3 is 2.45 bits per heavy atom. The number of fused-ring (bicyclic) bond motifs is 1. The summed E-state index contributed by atoms with van der Waals surface area (Å²) in [7, 11) is 0. The summed E-state index contributed by atoms with van der Waals surface area (Å²) < 4.78 is 0. The first-order chi connectivity index (χ1) is 9.56. The Morgan fingerprint density at radius 1 is 1.20 bits per heavy atom. The topological polar surface area (TPSA) is 66.6 Å². The molecule has 0 spiro atoms. The van der Waals surface area contributed by atoms with Crippen molar-refractivity contribution in [3.63, 3.8) is 0 Å². The molecular formula is C15H18N2O2S. The molecule has 0 radical (unpaired) electrons. The SMILES string of the molecule is NC(=S)c1ccc(C(=O)N2CC3CCC(O)C3C2)cc1. The van der Waals surface area contributed by atoms with Crippen LogP contribution in [0.15, 0.2) is 24.3 Å². The Morgan fingerprint density at radius 2 is 1.85 bits per heavy atom. The third-order valence-electron chi connectivity index (χ3n) is 4.52. The summed E-state index contributed by atoms with van der Waals surface area (Å²) >= 11 is 4.90. The van der Waals surface area contributed by atoms with E-state index in [2.05, 4.69) is 0 Å². The van der Waals surface area contributed by atoms with Crippen molar-refractivity contribution in [2.24, 2.45) is 17.6 Å². The Labute approximate surface area is 123 Å². The van der Waals surface area contributed by atoms with Crippen LogP contribution in [-0.4, -0.2) is 40.1 Å². The number of likely N-dealkylation sites (tertiary alicyclic amines) is 1. The zero-order valence-corrected chi connectivity index (χ0v) is 12.0. The van der Waals surface area contributed by atoms with Gasteiger partial charge in [0.25, 0.3) is 5.91 Å². The molecule has 1 saturated carbocycles. The molecule has 20 heavy (non-hydrogen) atoms. The minimum Gasteiger partial charge on any atom is -0.393 e. The predicted molar refractivity (Wildman–Crippen MR) is 80.5 cm³/mol. The average molecular weight is 290 g/mol. The Hall–Kier alpha value is -1.46. The zero-order chi connectivity index (χ0) is 14.3. The van der Waals surface area contributed by atoms with Gasteiger partial charge in [0.15, 0.2) is 0 Å². The molecule has 1 aliphatic heterocycles. The third-order valence-corrected chi connectivity index (χ3v) is 4.76. The van der Waals surface area contributed by atoms with Crippen molar-refractivity contribution in [1.29, 1.82) is 0 Å². The average Bonchev–Trinajstić information content (AvgIpc) is 3.01. The van der Waals surface area contributed by atoms with Crippen molar-refractivity contribution in [2.45, 2.75) is 18.9 Å². The van der Waals surface area contributed by atoms with Gasteiger partial charge in [0.1, 0.15) is 4.99 Å². The summed E-state index contributed by atoms with van der Waals surface area (Å²) in [5.41, 5.74) is 6.97. The maximum atomic E-state index is 12.4. The number of hydrogen-bond donors (Lipinski definition) is 2. The van der Waals surface area contributed by atoms with E-state index < -0.39 is 0 Å². The summed E-state index contributed by atoms with van der Waals surface area (Å²) in [5.74, 6) is 0.751. The smallest absolute Gasteiger partial charge is 0.253 e. The molecule has 3 unspecified atom stereocenters. The molecule has 3 atom stereocenters. The number of aliphatic hydroxyl groups is 1. The molecule has 3 rings (SSSR count). The van der Waals surface area contributed by atoms with Gasteiger partial charge in [-0.25, -0.2) is 0 Å². The number of amides is 1. The largest absolute Gasteiger partial charge is 0.393 e. The maximum absolute atomic E-state index is 12.4. The van der Waals surface area contributed by atoms with Gasteiger partial charge in [-0.3, -0.25) is 4.79 Å². The number of nitrogens with zero attached hydrogens (tertiary/aromatic N) is 1. The molecule has 3 N–H and O–H groups in total. The fourth-order valence-corrected chi connectivity index (χ4v) is 3.50. The molecule has 1 amide bonds. The second-order valence-corrected chi connectivity index (χ2v) is 6.16. The molecule has 5 heteroatoms. The highest BCUT2D eigenvalue weighted by atomic mass is 32.1. The summed E-state index contributed by atoms with van der Waals surface area (Å²) in [6, 6.07) is 7.09. The molecule has 0 bridgehead atoms. The van der Waals surface area contributed by atoms with E-state index in [1.807, 2.05) is 4.90 Å². The van der Waals surface area contributed by atoms with Crippen LogP contribution in [0.2, 0.25) is 0 Å². The molecule has 1 heterocycles. The van der Waals surface area contributed by atoms with Gasteiger partial charge in [-0.05, 0) is 30.9 Å². The van der Waals surface area contributed by atoms with E-state index >= 15 is 0 Å². The number of nitrogens with two attached hydrogens (primary N) is 1. The van der Waals surface area contributed by atoms with E-state index in [1.54, 1.807) is 24.3 Å². The summed E-state index contributed by atoms with van der Waals surface area (Å²) in [6.07, 6.45) is 1.66. The molecule has 4 nitrogen and oxygen atoms in total. The van der Waals surface area contributed by atoms with Gasteiger partial charge in [-0.2, -0.15) is 0 Å². The van der Waals surface area contributed by atoms with E-state index in [-0.39, 0.29) is 17.9 Å². The van der Waals surface area contributed by atoms with Gasteiger partial charge in [0.05, 0.1) is 6.10 Å². The highest BCUT2D eigenvalue weighted by molar-refractivity contribution is 7.80. The van der Waals surface area contributed by atoms with Crippen LogP contribution in [0.1, 0.15) is 28.8 Å². The predicted octanol–water partition coefficient (Wildman–Crippen LogP) is 1.16. The molecule has 2 aliphatic rings. The number of rotatable bonds is 2. The van der Waals surface area contributed by atoms with Gasteiger partial charge in [-0.15, -0.1) is 0 Å². The van der Waals surface area contributed by atoms with Gasteiger partial charge < -0.3 is 15.7 Å². The standard InChI is InChI=1S/C15H18N2O2S/c16-14(20)9-1-3-10(4-2-9)15(19)17-7-11-5-6-13(18)12(11)8-17/h1-4,11-13,18H,5-8H2,(H2,16,20). The van der Waals surface area contributed by atoms with Crippen LogP contribution in [0.3, 0.4) is 0 Å². The van der Waals surface area contributed by atoms with Crippen molar-refractivity contribution < 1.29 is 9.90 Å².